The summed E-state index contributed by atoms with van der Waals surface area (Å²) in [6.07, 6.45) is 1.62. The molecule has 2 N–H and O–H groups in total. The third-order valence-electron chi connectivity index (χ3n) is 4.97. The van der Waals surface area contributed by atoms with E-state index in [4.69, 9.17) is 10.5 Å². The lowest BCUT2D eigenvalue weighted by molar-refractivity contribution is 0.0993. The van der Waals surface area contributed by atoms with Gasteiger partial charge in [-0.15, -0.1) is 0 Å². The molecule has 0 radical (unpaired) electrons. The van der Waals surface area contributed by atoms with E-state index >= 15 is 0 Å². The van der Waals surface area contributed by atoms with E-state index in [2.05, 4.69) is 4.98 Å². The predicted octanol–water partition coefficient (Wildman–Crippen LogP) is 4.31. The molecule has 0 spiro atoms. The zero-order valence-corrected chi connectivity index (χ0v) is 16.1. The van der Waals surface area contributed by atoms with Crippen LogP contribution in [-0.2, 0) is 6.54 Å². The third-order valence-corrected chi connectivity index (χ3v) is 4.97. The molecule has 2 aromatic carbocycles. The number of hydrogen-bond donors (Lipinski definition) is 1. The van der Waals surface area contributed by atoms with Gasteiger partial charge in [-0.3, -0.25) is 4.79 Å². The summed E-state index contributed by atoms with van der Waals surface area (Å²) in [5, 5.41) is 0.835. The number of rotatable bonds is 5. The van der Waals surface area contributed by atoms with Crippen molar-refractivity contribution in [1.29, 1.82) is 0 Å². The fourth-order valence-electron chi connectivity index (χ4n) is 3.70. The van der Waals surface area contributed by atoms with Gasteiger partial charge in [-0.25, -0.2) is 9.37 Å². The largest absolute Gasteiger partial charge is 0.481 e. The van der Waals surface area contributed by atoms with Crippen molar-refractivity contribution in [2.24, 2.45) is 5.73 Å². The fourth-order valence-corrected chi connectivity index (χ4v) is 3.70. The summed E-state index contributed by atoms with van der Waals surface area (Å²) in [7, 11) is 1.53. The molecule has 0 aliphatic carbocycles. The number of amides is 1. The number of carbonyl (C=O) groups is 1. The predicted molar refractivity (Wildman–Crippen MR) is 110 cm³/mol. The van der Waals surface area contributed by atoms with E-state index < -0.39 is 5.91 Å². The molecule has 5 nitrogen and oxygen atoms in total. The van der Waals surface area contributed by atoms with Crippen molar-refractivity contribution < 1.29 is 13.9 Å². The summed E-state index contributed by atoms with van der Waals surface area (Å²) in [5.74, 6) is -0.546. The fraction of sp³-hybridized carbons (Fsp3) is 0.130. The summed E-state index contributed by atoms with van der Waals surface area (Å²) in [4.78, 5) is 16.9. The molecule has 29 heavy (non-hydrogen) atoms. The van der Waals surface area contributed by atoms with Crippen LogP contribution >= 0.6 is 0 Å². The molecule has 2 aromatic heterocycles. The molecule has 0 saturated carbocycles. The van der Waals surface area contributed by atoms with Crippen LogP contribution in [0.4, 0.5) is 4.39 Å². The van der Waals surface area contributed by atoms with Gasteiger partial charge in [0.1, 0.15) is 11.5 Å². The normalized spacial score (nSPS) is 11.0. The topological polar surface area (TPSA) is 70.1 Å². The summed E-state index contributed by atoms with van der Waals surface area (Å²) in [6.45, 7) is 2.15. The molecule has 4 aromatic rings. The molecule has 0 aliphatic heterocycles. The highest BCUT2D eigenvalue weighted by atomic mass is 19.1. The van der Waals surface area contributed by atoms with Gasteiger partial charge in [0.25, 0.3) is 5.91 Å². The molecule has 0 fully saturated rings. The molecule has 0 bridgehead atoms. The number of methoxy groups -OCH3 is 1. The Hall–Kier alpha value is -3.67. The molecule has 0 atom stereocenters. The van der Waals surface area contributed by atoms with Gasteiger partial charge >= 0.3 is 0 Å². The first-order chi connectivity index (χ1) is 14.0. The van der Waals surface area contributed by atoms with Crippen LogP contribution in [0.15, 0.2) is 60.8 Å². The maximum Gasteiger partial charge on any atom is 0.266 e. The molecular weight excluding hydrogens is 369 g/mol. The van der Waals surface area contributed by atoms with Gasteiger partial charge in [0, 0.05) is 33.8 Å². The van der Waals surface area contributed by atoms with Gasteiger partial charge in [0.2, 0.25) is 5.88 Å². The summed E-state index contributed by atoms with van der Waals surface area (Å²) in [6, 6.07) is 16.0. The number of fused-ring (bicyclic) bond motifs is 1. The van der Waals surface area contributed by atoms with Crippen LogP contribution in [0.1, 0.15) is 21.6 Å². The van der Waals surface area contributed by atoms with Crippen LogP contribution in [0.2, 0.25) is 0 Å². The average Bonchev–Trinajstić information content (AvgIpc) is 3.03. The van der Waals surface area contributed by atoms with E-state index in [9.17, 15) is 9.18 Å². The van der Waals surface area contributed by atoms with E-state index in [-0.39, 0.29) is 12.4 Å². The van der Waals surface area contributed by atoms with Crippen LogP contribution in [0.5, 0.6) is 5.88 Å². The number of nitrogens with zero attached hydrogens (tertiary/aromatic N) is 2. The average molecular weight is 389 g/mol. The minimum Gasteiger partial charge on any atom is -0.481 e. The van der Waals surface area contributed by atoms with Gasteiger partial charge in [-0.05, 0) is 37.3 Å². The minimum atomic E-state index is -0.601. The number of carbonyl (C=O) groups excluding carboxylic acids is 1. The van der Waals surface area contributed by atoms with Crippen molar-refractivity contribution >= 4 is 16.8 Å². The van der Waals surface area contributed by atoms with Gasteiger partial charge in [-0.2, -0.15) is 0 Å². The van der Waals surface area contributed by atoms with Gasteiger partial charge in [0.05, 0.1) is 13.7 Å². The third kappa shape index (κ3) is 3.23. The second-order valence-electron chi connectivity index (χ2n) is 6.85. The van der Waals surface area contributed by atoms with E-state index in [1.807, 2.05) is 31.2 Å². The zero-order chi connectivity index (χ0) is 20.5. The highest BCUT2D eigenvalue weighted by molar-refractivity contribution is 6.10. The number of aryl methyl sites for hydroxylation is 1. The molecule has 0 aliphatic rings. The first-order valence-electron chi connectivity index (χ1n) is 9.16. The Morgan fingerprint density at radius 3 is 2.69 bits per heavy atom. The molecule has 6 heteroatoms. The maximum atomic E-state index is 14.4. The standard InChI is InChI=1S/C23H20FN3O2/c1-14-9-10-19-17(12-14)20(16-7-5-11-26-23(16)29-2)21(22(25)28)27(19)13-15-6-3-4-8-18(15)24/h3-12H,13H2,1-2H3,(H2,25,28). The molecule has 0 unspecified atom stereocenters. The Labute approximate surface area is 167 Å². The van der Waals surface area contributed by atoms with Gasteiger partial charge < -0.3 is 15.0 Å². The van der Waals surface area contributed by atoms with E-state index in [0.29, 0.717) is 28.3 Å². The van der Waals surface area contributed by atoms with Crippen molar-refractivity contribution in [3.8, 4) is 17.0 Å². The SMILES string of the molecule is COc1ncccc1-c1c(C(N)=O)n(Cc2ccccc2F)c2ccc(C)cc12. The summed E-state index contributed by atoms with van der Waals surface area (Å²) < 4.78 is 21.6. The Kier molecular flexibility index (Phi) is 4.76. The zero-order valence-electron chi connectivity index (χ0n) is 16.1. The molecule has 1 amide bonds. The highest BCUT2D eigenvalue weighted by Gasteiger charge is 2.25. The van der Waals surface area contributed by atoms with Gasteiger partial charge in [-0.1, -0.05) is 29.8 Å². The van der Waals surface area contributed by atoms with E-state index in [1.54, 1.807) is 35.0 Å². The minimum absolute atomic E-state index is 0.174. The number of pyridine rings is 1. The molecule has 146 valence electrons. The van der Waals surface area contributed by atoms with Crippen molar-refractivity contribution in [3.05, 3.63) is 83.4 Å². The van der Waals surface area contributed by atoms with E-state index in [0.717, 1.165) is 16.5 Å². The van der Waals surface area contributed by atoms with Crippen LogP contribution < -0.4 is 10.5 Å². The number of aromatic nitrogens is 2. The van der Waals surface area contributed by atoms with E-state index in [1.165, 1.54) is 13.2 Å². The van der Waals surface area contributed by atoms with Crippen LogP contribution in [-0.4, -0.2) is 22.6 Å². The lowest BCUT2D eigenvalue weighted by Gasteiger charge is -2.12. The number of hydrogen-bond acceptors (Lipinski definition) is 3. The van der Waals surface area contributed by atoms with Crippen molar-refractivity contribution in [3.63, 3.8) is 0 Å². The molecule has 0 saturated heterocycles. The van der Waals surface area contributed by atoms with Crippen LogP contribution in [0.3, 0.4) is 0 Å². The summed E-state index contributed by atoms with van der Waals surface area (Å²) in [5.41, 5.74) is 9.69. The smallest absolute Gasteiger partial charge is 0.266 e. The van der Waals surface area contributed by atoms with Crippen molar-refractivity contribution in [2.45, 2.75) is 13.5 Å². The molecule has 2 heterocycles. The highest BCUT2D eigenvalue weighted by Crippen LogP contribution is 2.39. The first kappa shape index (κ1) is 18.7. The number of ether oxygens (including phenoxy) is 1. The number of halogens is 1. The Morgan fingerprint density at radius 1 is 1.17 bits per heavy atom. The van der Waals surface area contributed by atoms with Crippen molar-refractivity contribution in [1.82, 2.24) is 9.55 Å². The Balaban J connectivity index is 2.08. The first-order valence-corrected chi connectivity index (χ1v) is 9.16. The number of nitrogens with two attached hydrogens (primary N) is 1. The molecule has 4 rings (SSSR count). The van der Waals surface area contributed by atoms with Crippen LogP contribution in [0, 0.1) is 12.7 Å². The second kappa shape index (κ2) is 7.39. The lowest BCUT2D eigenvalue weighted by atomic mass is 10.0. The lowest BCUT2D eigenvalue weighted by Crippen LogP contribution is -2.19. The van der Waals surface area contributed by atoms with Crippen molar-refractivity contribution in [2.75, 3.05) is 7.11 Å². The molecular formula is C23H20FN3O2. The Morgan fingerprint density at radius 2 is 1.97 bits per heavy atom. The number of primary amides is 1. The maximum absolute atomic E-state index is 14.4. The van der Waals surface area contributed by atoms with Gasteiger partial charge in [0.15, 0.2) is 0 Å². The monoisotopic (exact) mass is 389 g/mol. The number of benzene rings is 2. The summed E-state index contributed by atoms with van der Waals surface area (Å²) >= 11 is 0. The van der Waals surface area contributed by atoms with Crippen LogP contribution in [0.25, 0.3) is 22.0 Å². The quantitative estimate of drug-likeness (QED) is 0.553. The second-order valence-corrected chi connectivity index (χ2v) is 6.85. The Bertz CT molecular complexity index is 1230.